The number of benzene rings is 1. The Morgan fingerprint density at radius 2 is 2.04 bits per heavy atom. The highest BCUT2D eigenvalue weighted by molar-refractivity contribution is 6.30. The third-order valence-electron chi connectivity index (χ3n) is 4.74. The van der Waals surface area contributed by atoms with Gasteiger partial charge in [-0.25, -0.2) is 0 Å². The maximum atomic E-state index is 6.21. The van der Waals surface area contributed by atoms with Crippen molar-refractivity contribution in [2.45, 2.75) is 38.3 Å². The highest BCUT2D eigenvalue weighted by Crippen LogP contribution is 2.26. The summed E-state index contributed by atoms with van der Waals surface area (Å²) >= 11 is 6.21. The van der Waals surface area contributed by atoms with Crippen LogP contribution in [0, 0.1) is 0 Å². The first-order chi connectivity index (χ1) is 11.9. The molecule has 1 heterocycles. The molecule has 2 N–H and O–H groups in total. The Bertz CT molecular complexity index is 570. The predicted octanol–water partition coefficient (Wildman–Crippen LogP) is 3.07. The number of nitrogens with one attached hydrogen (secondary N) is 2. The first kappa shape index (κ1) is 20.0. The van der Waals surface area contributed by atoms with E-state index < -0.39 is 0 Å². The van der Waals surface area contributed by atoms with Gasteiger partial charge in [-0.05, 0) is 57.5 Å². The fraction of sp³-hybridized carbons (Fsp3) is 0.632. The number of aliphatic imine (C=N–C) groups is 1. The van der Waals surface area contributed by atoms with Crippen LogP contribution >= 0.6 is 11.6 Å². The summed E-state index contributed by atoms with van der Waals surface area (Å²) in [6.07, 6.45) is 2.51. The molecule has 140 valence electrons. The summed E-state index contributed by atoms with van der Waals surface area (Å²) in [6.45, 7) is 7.82. The van der Waals surface area contributed by atoms with Crippen molar-refractivity contribution >= 4 is 17.6 Å². The van der Waals surface area contributed by atoms with Crippen molar-refractivity contribution in [2.75, 3.05) is 40.3 Å². The Labute approximate surface area is 156 Å². The summed E-state index contributed by atoms with van der Waals surface area (Å²) in [5.41, 5.74) is 1.01. The summed E-state index contributed by atoms with van der Waals surface area (Å²) in [6, 6.07) is 8.45. The van der Waals surface area contributed by atoms with Gasteiger partial charge in [-0.3, -0.25) is 9.89 Å². The maximum Gasteiger partial charge on any atom is 0.191 e. The van der Waals surface area contributed by atoms with Crippen LogP contribution in [0.15, 0.2) is 29.3 Å². The molecule has 0 spiro atoms. The van der Waals surface area contributed by atoms with Gasteiger partial charge in [-0.2, -0.15) is 0 Å². The SMILES string of the molecule is CN=C(NCC(c1cccc(Cl)c1)N1CCCC1)NCC(C)(C)OC. The number of guanidine groups is 1. The molecule has 0 radical (unpaired) electrons. The second-order valence-electron chi connectivity index (χ2n) is 7.08. The molecule has 1 aliphatic rings. The zero-order valence-corrected chi connectivity index (χ0v) is 16.6. The van der Waals surface area contributed by atoms with E-state index in [1.807, 2.05) is 26.0 Å². The summed E-state index contributed by atoms with van der Waals surface area (Å²) in [5.74, 6) is 0.788. The van der Waals surface area contributed by atoms with E-state index in [9.17, 15) is 0 Å². The maximum absolute atomic E-state index is 6.21. The first-order valence-corrected chi connectivity index (χ1v) is 9.32. The Kier molecular flexibility index (Phi) is 7.54. The van der Waals surface area contributed by atoms with Crippen molar-refractivity contribution in [3.05, 3.63) is 34.9 Å². The number of hydrogen-bond acceptors (Lipinski definition) is 3. The quantitative estimate of drug-likeness (QED) is 0.575. The lowest BCUT2D eigenvalue weighted by Crippen LogP contribution is -2.47. The largest absolute Gasteiger partial charge is 0.377 e. The Hall–Kier alpha value is -1.30. The lowest BCUT2D eigenvalue weighted by atomic mass is 10.1. The van der Waals surface area contributed by atoms with E-state index in [2.05, 4.69) is 32.7 Å². The molecule has 0 aromatic heterocycles. The molecule has 1 aromatic carbocycles. The topological polar surface area (TPSA) is 48.9 Å². The van der Waals surface area contributed by atoms with E-state index in [4.69, 9.17) is 16.3 Å². The van der Waals surface area contributed by atoms with Crippen molar-refractivity contribution < 1.29 is 4.74 Å². The molecular formula is C19H31ClN4O. The Morgan fingerprint density at radius 1 is 1.32 bits per heavy atom. The summed E-state index contributed by atoms with van der Waals surface area (Å²) in [5, 5.41) is 7.58. The van der Waals surface area contributed by atoms with Crippen molar-refractivity contribution in [2.24, 2.45) is 4.99 Å². The van der Waals surface area contributed by atoms with Crippen molar-refractivity contribution in [1.29, 1.82) is 0 Å². The zero-order valence-electron chi connectivity index (χ0n) is 15.8. The lowest BCUT2D eigenvalue weighted by Gasteiger charge is -2.30. The van der Waals surface area contributed by atoms with Gasteiger partial charge in [0.1, 0.15) is 0 Å². The van der Waals surface area contributed by atoms with Gasteiger partial charge >= 0.3 is 0 Å². The third kappa shape index (κ3) is 6.17. The molecule has 1 aliphatic heterocycles. The van der Waals surface area contributed by atoms with E-state index in [0.29, 0.717) is 6.54 Å². The molecule has 1 fully saturated rings. The second kappa shape index (κ2) is 9.41. The highest BCUT2D eigenvalue weighted by atomic mass is 35.5. The molecule has 1 saturated heterocycles. The first-order valence-electron chi connectivity index (χ1n) is 8.94. The van der Waals surface area contributed by atoms with E-state index in [0.717, 1.165) is 30.6 Å². The van der Waals surface area contributed by atoms with E-state index in [1.54, 1.807) is 14.2 Å². The van der Waals surface area contributed by atoms with Crippen LogP contribution in [-0.4, -0.2) is 56.8 Å². The van der Waals surface area contributed by atoms with Crippen molar-refractivity contribution in [3.8, 4) is 0 Å². The number of methoxy groups -OCH3 is 1. The molecule has 0 aliphatic carbocycles. The summed E-state index contributed by atoms with van der Waals surface area (Å²) < 4.78 is 5.45. The minimum Gasteiger partial charge on any atom is -0.377 e. The molecule has 0 bridgehead atoms. The molecule has 6 heteroatoms. The van der Waals surface area contributed by atoms with Gasteiger partial charge in [0, 0.05) is 32.3 Å². The van der Waals surface area contributed by atoms with Crippen LogP contribution < -0.4 is 10.6 Å². The molecule has 1 aromatic rings. The van der Waals surface area contributed by atoms with Gasteiger partial charge in [0.2, 0.25) is 0 Å². The van der Waals surface area contributed by atoms with Crippen LogP contribution in [0.3, 0.4) is 0 Å². The number of nitrogens with zero attached hydrogens (tertiary/aromatic N) is 2. The number of rotatable bonds is 7. The molecule has 1 atom stereocenters. The van der Waals surface area contributed by atoms with Crippen LogP contribution in [-0.2, 0) is 4.74 Å². The average Bonchev–Trinajstić information content (AvgIpc) is 3.12. The minimum atomic E-state index is -0.237. The van der Waals surface area contributed by atoms with Gasteiger partial charge in [-0.1, -0.05) is 23.7 Å². The average molecular weight is 367 g/mol. The summed E-state index contributed by atoms with van der Waals surface area (Å²) in [4.78, 5) is 6.85. The fourth-order valence-corrected chi connectivity index (χ4v) is 3.21. The molecule has 0 saturated carbocycles. The number of likely N-dealkylation sites (tertiary alicyclic amines) is 1. The standard InChI is InChI=1S/C19H31ClN4O/c1-19(2,25-4)14-23-18(21-3)22-13-17(24-10-5-6-11-24)15-8-7-9-16(20)12-15/h7-9,12,17H,5-6,10-11,13-14H2,1-4H3,(H2,21,22,23). The fourth-order valence-electron chi connectivity index (χ4n) is 3.01. The van der Waals surface area contributed by atoms with Gasteiger partial charge in [0.05, 0.1) is 11.6 Å². The van der Waals surface area contributed by atoms with Crippen LogP contribution in [0.2, 0.25) is 5.02 Å². The third-order valence-corrected chi connectivity index (χ3v) is 4.97. The van der Waals surface area contributed by atoms with Crippen LogP contribution in [0.25, 0.3) is 0 Å². The smallest absolute Gasteiger partial charge is 0.191 e. The summed E-state index contributed by atoms with van der Waals surface area (Å²) in [7, 11) is 3.51. The molecule has 1 unspecified atom stereocenters. The Balaban J connectivity index is 2.01. The number of halogens is 1. The van der Waals surface area contributed by atoms with Crippen LogP contribution in [0.5, 0.6) is 0 Å². The lowest BCUT2D eigenvalue weighted by molar-refractivity contribution is 0.0268. The van der Waals surface area contributed by atoms with Crippen LogP contribution in [0.4, 0.5) is 0 Å². The van der Waals surface area contributed by atoms with Gasteiger partial charge in [0.15, 0.2) is 5.96 Å². The van der Waals surface area contributed by atoms with Crippen molar-refractivity contribution in [3.63, 3.8) is 0 Å². The van der Waals surface area contributed by atoms with Crippen molar-refractivity contribution in [1.82, 2.24) is 15.5 Å². The van der Waals surface area contributed by atoms with Gasteiger partial charge in [-0.15, -0.1) is 0 Å². The van der Waals surface area contributed by atoms with Gasteiger partial charge < -0.3 is 15.4 Å². The highest BCUT2D eigenvalue weighted by Gasteiger charge is 2.24. The monoisotopic (exact) mass is 366 g/mol. The molecule has 0 amide bonds. The van der Waals surface area contributed by atoms with Gasteiger partial charge in [0.25, 0.3) is 0 Å². The normalized spacial score (nSPS) is 17.6. The number of ether oxygens (including phenoxy) is 1. The van der Waals surface area contributed by atoms with E-state index >= 15 is 0 Å². The second-order valence-corrected chi connectivity index (χ2v) is 7.52. The molecule has 5 nitrogen and oxygen atoms in total. The van der Waals surface area contributed by atoms with E-state index in [1.165, 1.54) is 18.4 Å². The molecule has 2 rings (SSSR count). The Morgan fingerprint density at radius 3 is 2.64 bits per heavy atom. The molecule has 25 heavy (non-hydrogen) atoms. The van der Waals surface area contributed by atoms with E-state index in [-0.39, 0.29) is 11.6 Å². The zero-order chi connectivity index (χ0) is 18.3. The number of hydrogen-bond donors (Lipinski definition) is 2. The minimum absolute atomic E-state index is 0.237. The molecular weight excluding hydrogens is 336 g/mol. The predicted molar refractivity (Wildman–Crippen MR) is 105 cm³/mol. The van der Waals surface area contributed by atoms with Crippen LogP contribution in [0.1, 0.15) is 38.3 Å².